The topological polar surface area (TPSA) is 82.3 Å². The molecule has 24 heavy (non-hydrogen) atoms. The zero-order valence-electron chi connectivity index (χ0n) is 13.5. The average molecular weight is 322 g/mol. The van der Waals surface area contributed by atoms with Crippen LogP contribution in [-0.2, 0) is 0 Å². The van der Waals surface area contributed by atoms with E-state index in [0.717, 1.165) is 22.7 Å². The minimum Gasteiger partial charge on any atom is -0.496 e. The van der Waals surface area contributed by atoms with E-state index in [4.69, 9.17) is 15.2 Å². The molecule has 0 spiro atoms. The Morgan fingerprint density at radius 1 is 0.917 bits per heavy atom. The lowest BCUT2D eigenvalue weighted by molar-refractivity contribution is 0.416. The van der Waals surface area contributed by atoms with Crippen molar-refractivity contribution in [2.24, 2.45) is 0 Å². The fraction of sp³-hybridized carbons (Fsp3) is 0.111. The largest absolute Gasteiger partial charge is 0.496 e. The number of nitrogens with one attached hydrogen (secondary N) is 1. The third-order valence-electron chi connectivity index (χ3n) is 3.55. The highest BCUT2D eigenvalue weighted by atomic mass is 16.5. The first-order valence-corrected chi connectivity index (χ1v) is 7.37. The summed E-state index contributed by atoms with van der Waals surface area (Å²) in [5, 5.41) is 3.22. The molecule has 3 rings (SSSR count). The molecule has 6 nitrogen and oxygen atoms in total. The van der Waals surface area contributed by atoms with Crippen molar-refractivity contribution >= 4 is 17.2 Å². The molecule has 1 heterocycles. The van der Waals surface area contributed by atoms with Crippen molar-refractivity contribution < 1.29 is 9.47 Å². The maximum absolute atomic E-state index is 5.93. The number of hydrogen-bond donors (Lipinski definition) is 2. The van der Waals surface area contributed by atoms with Gasteiger partial charge >= 0.3 is 0 Å². The van der Waals surface area contributed by atoms with Gasteiger partial charge in [-0.25, -0.2) is 9.97 Å². The summed E-state index contributed by atoms with van der Waals surface area (Å²) < 4.78 is 10.5. The van der Waals surface area contributed by atoms with Crippen LogP contribution in [-0.4, -0.2) is 24.2 Å². The van der Waals surface area contributed by atoms with E-state index in [1.54, 1.807) is 26.4 Å². The summed E-state index contributed by atoms with van der Waals surface area (Å²) in [5.41, 5.74) is 8.98. The lowest BCUT2D eigenvalue weighted by Crippen LogP contribution is -1.98. The standard InChI is InChI=1S/C18H18N4O2/c1-23-16-6-4-3-5-13(16)15-10-18(21-11-20-15)22-12-7-8-17(24-2)14(19)9-12/h3-11H,19H2,1-2H3,(H,20,21,22). The van der Waals surface area contributed by atoms with Crippen molar-refractivity contribution in [3.05, 3.63) is 54.9 Å². The zero-order chi connectivity index (χ0) is 16.9. The number of benzene rings is 2. The summed E-state index contributed by atoms with van der Waals surface area (Å²) in [6.07, 6.45) is 1.51. The van der Waals surface area contributed by atoms with Gasteiger partial charge in [0.15, 0.2) is 0 Å². The number of rotatable bonds is 5. The van der Waals surface area contributed by atoms with Crippen LogP contribution in [0.3, 0.4) is 0 Å². The second-order valence-corrected chi connectivity index (χ2v) is 5.07. The first-order chi connectivity index (χ1) is 11.7. The second kappa shape index (κ2) is 6.87. The van der Waals surface area contributed by atoms with Crippen LogP contribution < -0.4 is 20.5 Å². The minimum absolute atomic E-state index is 0.557. The molecule has 0 unspecified atom stereocenters. The van der Waals surface area contributed by atoms with Crippen molar-refractivity contribution in [3.63, 3.8) is 0 Å². The van der Waals surface area contributed by atoms with Gasteiger partial charge in [-0.3, -0.25) is 0 Å². The number of anilines is 3. The maximum Gasteiger partial charge on any atom is 0.141 e. The van der Waals surface area contributed by atoms with Crippen LogP contribution in [0.25, 0.3) is 11.3 Å². The lowest BCUT2D eigenvalue weighted by atomic mass is 10.1. The first kappa shape index (κ1) is 15.6. The Labute approximate surface area is 140 Å². The molecule has 0 aliphatic heterocycles. The molecule has 1 aromatic heterocycles. The maximum atomic E-state index is 5.93. The highest BCUT2D eigenvalue weighted by molar-refractivity contribution is 5.71. The number of nitrogen functional groups attached to an aromatic ring is 1. The lowest BCUT2D eigenvalue weighted by Gasteiger charge is -2.11. The van der Waals surface area contributed by atoms with Crippen LogP contribution in [0.1, 0.15) is 0 Å². The van der Waals surface area contributed by atoms with Gasteiger partial charge in [-0.1, -0.05) is 12.1 Å². The molecule has 0 radical (unpaired) electrons. The molecule has 0 aliphatic rings. The molecular formula is C18H18N4O2. The van der Waals surface area contributed by atoms with E-state index >= 15 is 0 Å². The predicted molar refractivity (Wildman–Crippen MR) is 94.7 cm³/mol. The Kier molecular flexibility index (Phi) is 4.47. The van der Waals surface area contributed by atoms with Crippen LogP contribution in [0.5, 0.6) is 11.5 Å². The number of nitrogens with zero attached hydrogens (tertiary/aromatic N) is 2. The fourth-order valence-corrected chi connectivity index (χ4v) is 2.39. The molecule has 0 saturated heterocycles. The van der Waals surface area contributed by atoms with E-state index in [9.17, 15) is 0 Å². The molecule has 122 valence electrons. The van der Waals surface area contributed by atoms with E-state index in [1.165, 1.54) is 6.33 Å². The minimum atomic E-state index is 0.557. The van der Waals surface area contributed by atoms with Crippen LogP contribution in [0.15, 0.2) is 54.9 Å². The van der Waals surface area contributed by atoms with Crippen molar-refractivity contribution in [1.82, 2.24) is 9.97 Å². The molecule has 6 heteroatoms. The molecule has 0 saturated carbocycles. The molecule has 0 atom stereocenters. The first-order valence-electron chi connectivity index (χ1n) is 7.37. The van der Waals surface area contributed by atoms with E-state index in [0.29, 0.717) is 17.3 Å². The summed E-state index contributed by atoms with van der Waals surface area (Å²) in [6, 6.07) is 15.0. The van der Waals surface area contributed by atoms with Crippen LogP contribution in [0.4, 0.5) is 17.2 Å². The highest BCUT2D eigenvalue weighted by Crippen LogP contribution is 2.30. The van der Waals surface area contributed by atoms with Crippen molar-refractivity contribution in [2.75, 3.05) is 25.3 Å². The van der Waals surface area contributed by atoms with Gasteiger partial charge in [-0.15, -0.1) is 0 Å². The molecule has 3 N–H and O–H groups in total. The van der Waals surface area contributed by atoms with E-state index in [-0.39, 0.29) is 0 Å². The summed E-state index contributed by atoms with van der Waals surface area (Å²) in [4.78, 5) is 8.58. The molecule has 0 aliphatic carbocycles. The summed E-state index contributed by atoms with van der Waals surface area (Å²) >= 11 is 0. The fourth-order valence-electron chi connectivity index (χ4n) is 2.39. The van der Waals surface area contributed by atoms with Crippen LogP contribution >= 0.6 is 0 Å². The monoisotopic (exact) mass is 322 g/mol. The normalized spacial score (nSPS) is 10.2. The molecule has 2 aromatic carbocycles. The predicted octanol–water partition coefficient (Wildman–Crippen LogP) is 3.49. The number of nitrogens with two attached hydrogens (primary N) is 1. The highest BCUT2D eigenvalue weighted by Gasteiger charge is 2.08. The Bertz CT molecular complexity index is 852. The number of aromatic nitrogens is 2. The Morgan fingerprint density at radius 3 is 2.46 bits per heavy atom. The van der Waals surface area contributed by atoms with Gasteiger partial charge in [0.1, 0.15) is 23.6 Å². The van der Waals surface area contributed by atoms with Crippen LogP contribution in [0.2, 0.25) is 0 Å². The molecule has 0 fully saturated rings. The molecule has 0 amide bonds. The van der Waals surface area contributed by atoms with Gasteiger partial charge in [-0.2, -0.15) is 0 Å². The van der Waals surface area contributed by atoms with Gasteiger partial charge < -0.3 is 20.5 Å². The molecule has 0 bridgehead atoms. The number of ether oxygens (including phenoxy) is 2. The third-order valence-corrected chi connectivity index (χ3v) is 3.55. The van der Waals surface area contributed by atoms with Gasteiger partial charge in [0.05, 0.1) is 25.6 Å². The summed E-state index contributed by atoms with van der Waals surface area (Å²) in [6.45, 7) is 0. The third kappa shape index (κ3) is 3.22. The van der Waals surface area contributed by atoms with E-state index in [2.05, 4.69) is 15.3 Å². The number of hydrogen-bond acceptors (Lipinski definition) is 6. The van der Waals surface area contributed by atoms with Gasteiger partial charge in [0.25, 0.3) is 0 Å². The van der Waals surface area contributed by atoms with Crippen LogP contribution in [0, 0.1) is 0 Å². The number of methoxy groups -OCH3 is 2. The number of para-hydroxylation sites is 1. The average Bonchev–Trinajstić information content (AvgIpc) is 2.62. The van der Waals surface area contributed by atoms with Crippen molar-refractivity contribution in [1.29, 1.82) is 0 Å². The summed E-state index contributed by atoms with van der Waals surface area (Å²) in [5.74, 6) is 2.06. The van der Waals surface area contributed by atoms with Crippen molar-refractivity contribution in [3.8, 4) is 22.8 Å². The smallest absolute Gasteiger partial charge is 0.141 e. The Balaban J connectivity index is 1.89. The van der Waals surface area contributed by atoms with E-state index in [1.807, 2.05) is 36.4 Å². The van der Waals surface area contributed by atoms with Gasteiger partial charge in [-0.05, 0) is 30.3 Å². The Morgan fingerprint density at radius 2 is 1.71 bits per heavy atom. The van der Waals surface area contributed by atoms with E-state index < -0.39 is 0 Å². The summed E-state index contributed by atoms with van der Waals surface area (Å²) in [7, 11) is 3.22. The quantitative estimate of drug-likeness (QED) is 0.700. The SMILES string of the molecule is COc1ccc(Nc2cc(-c3ccccc3OC)ncn2)cc1N. The molecular weight excluding hydrogens is 304 g/mol. The van der Waals surface area contributed by atoms with Gasteiger partial charge in [0.2, 0.25) is 0 Å². The zero-order valence-corrected chi connectivity index (χ0v) is 13.5. The molecule has 3 aromatic rings. The Hall–Kier alpha value is -3.28. The second-order valence-electron chi connectivity index (χ2n) is 5.07. The van der Waals surface area contributed by atoms with Crippen molar-refractivity contribution in [2.45, 2.75) is 0 Å². The van der Waals surface area contributed by atoms with Gasteiger partial charge in [0, 0.05) is 17.3 Å².